The average Bonchev–Trinajstić information content (AvgIpc) is 3.92. The van der Waals surface area contributed by atoms with Crippen molar-refractivity contribution in [3.05, 3.63) is 200 Å². The molecule has 9 aromatic carbocycles. The van der Waals surface area contributed by atoms with Crippen LogP contribution in [0, 0.1) is 0 Å². The highest BCUT2D eigenvalue weighted by Crippen LogP contribution is 2.43. The lowest BCUT2D eigenvalue weighted by Gasteiger charge is -2.14. The Morgan fingerprint density at radius 3 is 1.11 bits per heavy atom. The first-order valence-corrected chi connectivity index (χ1v) is 19.7. The lowest BCUT2D eigenvalue weighted by molar-refractivity contribution is 1.17. The lowest BCUT2D eigenvalue weighted by Crippen LogP contribution is -1.99. The lowest BCUT2D eigenvalue weighted by atomic mass is 10.0. The largest absolute Gasteiger partial charge is 0.309 e. The van der Waals surface area contributed by atoms with E-state index in [4.69, 9.17) is 0 Å². The first kappa shape index (κ1) is 30.7. The molecule has 0 aliphatic heterocycles. The van der Waals surface area contributed by atoms with Crippen molar-refractivity contribution in [1.29, 1.82) is 0 Å². The van der Waals surface area contributed by atoms with Crippen molar-refractivity contribution >= 4 is 103 Å². The van der Waals surface area contributed by atoms with Gasteiger partial charge in [-0.15, -0.1) is 0 Å². The Balaban J connectivity index is 1.31. The number of fused-ring (bicyclic) bond motifs is 16. The summed E-state index contributed by atoms with van der Waals surface area (Å²) in [5.41, 5.74) is 10.7. The molecule has 0 N–H and O–H groups in total. The van der Waals surface area contributed by atoms with Crippen LogP contribution >= 0.6 is 0 Å². The molecule has 0 amide bonds. The molecule has 264 valence electrons. The Kier molecular flexibility index (Phi) is 6.16. The maximum absolute atomic E-state index is 2.59. The Morgan fingerprint density at radius 2 is 0.596 bits per heavy atom. The van der Waals surface area contributed by atoms with Gasteiger partial charge in [0.1, 0.15) is 0 Å². The second-order valence-electron chi connectivity index (χ2n) is 15.2. The molecule has 13 rings (SSSR count). The average molecular weight is 724 g/mol. The van der Waals surface area contributed by atoms with Gasteiger partial charge in [-0.1, -0.05) is 152 Å². The van der Waals surface area contributed by atoms with Crippen LogP contribution in [0.4, 0.5) is 0 Å². The molecule has 0 atom stereocenters. The molecular formula is C54H33N3. The van der Waals surface area contributed by atoms with E-state index in [9.17, 15) is 0 Å². The zero-order valence-electron chi connectivity index (χ0n) is 30.9. The van der Waals surface area contributed by atoms with E-state index < -0.39 is 0 Å². The van der Waals surface area contributed by atoms with E-state index >= 15 is 0 Å². The molecule has 0 spiro atoms. The number of rotatable bonds is 2. The van der Waals surface area contributed by atoms with Crippen LogP contribution in [-0.4, -0.2) is 13.5 Å². The van der Waals surface area contributed by atoms with Crippen molar-refractivity contribution in [3.63, 3.8) is 0 Å². The number of hydrogen-bond donors (Lipinski definition) is 0. The van der Waals surface area contributed by atoms with E-state index in [-0.39, 0.29) is 0 Å². The van der Waals surface area contributed by atoms with Crippen LogP contribution in [0.5, 0.6) is 0 Å². The molecule has 3 nitrogen and oxygen atoms in total. The van der Waals surface area contributed by atoms with Crippen molar-refractivity contribution in [2.24, 2.45) is 0 Å². The molecule has 0 aliphatic carbocycles. The second kappa shape index (κ2) is 11.5. The van der Waals surface area contributed by atoms with Crippen molar-refractivity contribution in [1.82, 2.24) is 13.5 Å². The van der Waals surface area contributed by atoms with E-state index in [0.29, 0.717) is 0 Å². The predicted octanol–water partition coefficient (Wildman–Crippen LogP) is 14.5. The third kappa shape index (κ3) is 4.10. The van der Waals surface area contributed by atoms with Crippen molar-refractivity contribution in [2.75, 3.05) is 0 Å². The van der Waals surface area contributed by atoms with Gasteiger partial charge in [0.05, 0.1) is 44.3 Å². The van der Waals surface area contributed by atoms with E-state index in [1.165, 1.54) is 103 Å². The topological polar surface area (TPSA) is 14.3 Å². The number of hydrogen-bond acceptors (Lipinski definition) is 0. The minimum absolute atomic E-state index is 1.14. The first-order valence-electron chi connectivity index (χ1n) is 19.7. The summed E-state index contributed by atoms with van der Waals surface area (Å²) in [5, 5.41) is 14.8. The summed E-state index contributed by atoms with van der Waals surface area (Å²) in [6.07, 6.45) is 0. The van der Waals surface area contributed by atoms with Crippen molar-refractivity contribution in [3.8, 4) is 11.4 Å². The van der Waals surface area contributed by atoms with Gasteiger partial charge in [-0.3, -0.25) is 0 Å². The summed E-state index contributed by atoms with van der Waals surface area (Å²) < 4.78 is 7.51. The number of nitrogens with zero attached hydrogens (tertiary/aromatic N) is 3. The molecule has 3 heteroatoms. The summed E-state index contributed by atoms with van der Waals surface area (Å²) in [7, 11) is 0. The number of benzene rings is 9. The minimum atomic E-state index is 1.14. The van der Waals surface area contributed by atoms with E-state index in [0.717, 1.165) is 11.4 Å². The van der Waals surface area contributed by atoms with Gasteiger partial charge in [-0.05, 0) is 70.1 Å². The fourth-order valence-electron chi connectivity index (χ4n) is 10.1. The van der Waals surface area contributed by atoms with Gasteiger partial charge in [0.25, 0.3) is 0 Å². The maximum Gasteiger partial charge on any atom is 0.0782 e. The van der Waals surface area contributed by atoms with E-state index in [1.54, 1.807) is 0 Å². The summed E-state index contributed by atoms with van der Waals surface area (Å²) in [5.74, 6) is 0. The second-order valence-corrected chi connectivity index (χ2v) is 15.2. The van der Waals surface area contributed by atoms with Gasteiger partial charge >= 0.3 is 0 Å². The fourth-order valence-corrected chi connectivity index (χ4v) is 10.1. The third-order valence-electron chi connectivity index (χ3n) is 12.4. The van der Waals surface area contributed by atoms with Crippen LogP contribution in [0.15, 0.2) is 200 Å². The zero-order chi connectivity index (χ0) is 37.2. The van der Waals surface area contributed by atoms with Crippen molar-refractivity contribution in [2.45, 2.75) is 0 Å². The molecular weight excluding hydrogens is 691 g/mol. The standard InChI is InChI=1S/C54H33N3/c1-3-17-37-35(15-1)36-16-2-4-18-38(36)44-25-14-30-52(56-49-28-11-7-21-41(49)42-22-8-12-29-50(42)56)54(44)57-51-32-31-34(33-46(51)45-24-13-23-43(37)53(45)57)55-47-26-9-5-19-39(47)40-20-6-10-27-48(40)55/h1-33H. The molecule has 13 aromatic rings. The first-order chi connectivity index (χ1) is 28.3. The van der Waals surface area contributed by atoms with Gasteiger partial charge in [0.2, 0.25) is 0 Å². The Hall–Kier alpha value is -7.62. The third-order valence-corrected chi connectivity index (χ3v) is 12.4. The minimum Gasteiger partial charge on any atom is -0.309 e. The quantitative estimate of drug-likeness (QED) is 0.169. The molecule has 0 saturated heterocycles. The number of para-hydroxylation sites is 6. The molecule has 4 heterocycles. The van der Waals surface area contributed by atoms with Gasteiger partial charge in [0.15, 0.2) is 0 Å². The molecule has 0 fully saturated rings. The van der Waals surface area contributed by atoms with E-state index in [1.807, 2.05) is 0 Å². The molecule has 4 aromatic heterocycles. The molecule has 0 radical (unpaired) electrons. The highest BCUT2D eigenvalue weighted by molar-refractivity contribution is 6.26. The molecule has 57 heavy (non-hydrogen) atoms. The molecule has 0 saturated carbocycles. The SMILES string of the molecule is c1ccc2c(c1)c1ccccc1c1cccc3c4cc(-n5c6ccccc6c6ccccc65)ccc4n(c4c(-n5c6ccccc6c6ccccc65)cccc24)c13. The summed E-state index contributed by atoms with van der Waals surface area (Å²) in [6.45, 7) is 0. The monoisotopic (exact) mass is 723 g/mol. The highest BCUT2D eigenvalue weighted by atomic mass is 15.0. The molecule has 0 unspecified atom stereocenters. The highest BCUT2D eigenvalue weighted by Gasteiger charge is 2.21. The smallest absolute Gasteiger partial charge is 0.0782 e. The van der Waals surface area contributed by atoms with Gasteiger partial charge in [-0.25, -0.2) is 0 Å². The fraction of sp³-hybridized carbons (Fsp3) is 0. The predicted molar refractivity (Wildman–Crippen MR) is 242 cm³/mol. The van der Waals surface area contributed by atoms with Gasteiger partial charge < -0.3 is 13.5 Å². The molecule has 0 bridgehead atoms. The van der Waals surface area contributed by atoms with Crippen LogP contribution in [0.3, 0.4) is 0 Å². The van der Waals surface area contributed by atoms with E-state index in [2.05, 4.69) is 214 Å². The zero-order valence-corrected chi connectivity index (χ0v) is 30.9. The summed E-state index contributed by atoms with van der Waals surface area (Å²) >= 11 is 0. The van der Waals surface area contributed by atoms with Gasteiger partial charge in [0, 0.05) is 48.8 Å². The number of aromatic nitrogens is 3. The normalized spacial score (nSPS) is 12.2. The van der Waals surface area contributed by atoms with Crippen LogP contribution in [0.1, 0.15) is 0 Å². The molecule has 0 aliphatic rings. The van der Waals surface area contributed by atoms with Crippen LogP contribution in [-0.2, 0) is 0 Å². The van der Waals surface area contributed by atoms with Gasteiger partial charge in [-0.2, -0.15) is 0 Å². The Bertz CT molecular complexity index is 3770. The van der Waals surface area contributed by atoms with Crippen LogP contribution in [0.25, 0.3) is 115 Å². The Morgan fingerprint density at radius 1 is 0.228 bits per heavy atom. The maximum atomic E-state index is 2.59. The Labute approximate surface area is 327 Å². The summed E-state index contributed by atoms with van der Waals surface area (Å²) in [6, 6.07) is 74.0. The summed E-state index contributed by atoms with van der Waals surface area (Å²) in [4.78, 5) is 0. The van der Waals surface area contributed by atoms with Crippen LogP contribution in [0.2, 0.25) is 0 Å². The van der Waals surface area contributed by atoms with Crippen LogP contribution < -0.4 is 0 Å². The van der Waals surface area contributed by atoms with Crippen molar-refractivity contribution < 1.29 is 0 Å².